The number of benzene rings is 2. The van der Waals surface area contributed by atoms with Crippen molar-refractivity contribution in [2.24, 2.45) is 0 Å². The van der Waals surface area contributed by atoms with Crippen LogP contribution in [-0.2, 0) is 0 Å². The molecule has 128 valence electrons. The highest BCUT2D eigenvalue weighted by atomic mass is 127. The van der Waals surface area contributed by atoms with E-state index in [1.54, 1.807) is 4.57 Å². The SMILES string of the molecule is C/C(Cl)=C/CSc1nc2ccc(I)cc2c(=O)n1-c1cccc(C)c1. The Morgan fingerprint density at radius 3 is 2.84 bits per heavy atom. The fourth-order valence-electron chi connectivity index (χ4n) is 2.46. The van der Waals surface area contributed by atoms with E-state index in [4.69, 9.17) is 16.6 Å². The first kappa shape index (κ1) is 18.5. The van der Waals surface area contributed by atoms with Crippen LogP contribution in [0.2, 0.25) is 0 Å². The van der Waals surface area contributed by atoms with Crippen molar-refractivity contribution in [1.82, 2.24) is 9.55 Å². The highest BCUT2D eigenvalue weighted by Gasteiger charge is 2.13. The molecule has 0 bridgehead atoms. The van der Waals surface area contributed by atoms with Crippen molar-refractivity contribution in [3.8, 4) is 5.69 Å². The molecule has 0 aliphatic rings. The number of hydrogen-bond acceptors (Lipinski definition) is 3. The molecule has 1 heterocycles. The average molecular weight is 483 g/mol. The third-order valence-electron chi connectivity index (χ3n) is 3.64. The van der Waals surface area contributed by atoms with Gasteiger partial charge in [-0.25, -0.2) is 4.98 Å². The number of hydrogen-bond donors (Lipinski definition) is 0. The molecule has 6 heteroatoms. The van der Waals surface area contributed by atoms with Crippen LogP contribution in [0.4, 0.5) is 0 Å². The number of fused-ring (bicyclic) bond motifs is 1. The minimum absolute atomic E-state index is 0.0526. The van der Waals surface area contributed by atoms with Crippen LogP contribution in [0.1, 0.15) is 12.5 Å². The fraction of sp³-hybridized carbons (Fsp3) is 0.158. The largest absolute Gasteiger partial charge is 0.268 e. The van der Waals surface area contributed by atoms with Crippen LogP contribution in [0.15, 0.2) is 63.5 Å². The van der Waals surface area contributed by atoms with Crippen molar-refractivity contribution in [3.05, 3.63) is 73.1 Å². The Bertz CT molecular complexity index is 1030. The first-order valence-electron chi connectivity index (χ1n) is 7.70. The highest BCUT2D eigenvalue weighted by molar-refractivity contribution is 14.1. The summed E-state index contributed by atoms with van der Waals surface area (Å²) in [5.41, 5.74) is 2.58. The summed E-state index contributed by atoms with van der Waals surface area (Å²) in [6, 6.07) is 13.6. The molecule has 0 saturated heterocycles. The molecule has 0 atom stereocenters. The molecule has 1 aromatic heterocycles. The Kier molecular flexibility index (Phi) is 5.86. The van der Waals surface area contributed by atoms with Crippen LogP contribution in [0.5, 0.6) is 0 Å². The molecule has 0 aliphatic heterocycles. The molecule has 0 radical (unpaired) electrons. The number of aromatic nitrogens is 2. The van der Waals surface area contributed by atoms with Gasteiger partial charge in [0, 0.05) is 14.4 Å². The second kappa shape index (κ2) is 7.93. The zero-order chi connectivity index (χ0) is 18.0. The lowest BCUT2D eigenvalue weighted by Crippen LogP contribution is -2.22. The Labute approximate surface area is 169 Å². The van der Waals surface area contributed by atoms with Crippen LogP contribution in [0.3, 0.4) is 0 Å². The van der Waals surface area contributed by atoms with Gasteiger partial charge < -0.3 is 0 Å². The van der Waals surface area contributed by atoms with Gasteiger partial charge in [0.05, 0.1) is 16.6 Å². The standard InChI is InChI=1S/C19H16ClIN2OS/c1-12-4-3-5-15(10-12)23-18(24)16-11-14(21)6-7-17(16)22-19(23)25-9-8-13(2)20/h3-8,10-11H,9H2,1-2H3/b13-8-. The topological polar surface area (TPSA) is 34.9 Å². The summed E-state index contributed by atoms with van der Waals surface area (Å²) in [4.78, 5) is 17.9. The summed E-state index contributed by atoms with van der Waals surface area (Å²) in [6.07, 6.45) is 1.91. The summed E-state index contributed by atoms with van der Waals surface area (Å²) in [6.45, 7) is 3.85. The Hall–Kier alpha value is -1.31. The predicted octanol–water partition coefficient (Wildman–Crippen LogP) is 5.53. The molecule has 3 nitrogen and oxygen atoms in total. The minimum Gasteiger partial charge on any atom is -0.268 e. The zero-order valence-electron chi connectivity index (χ0n) is 13.8. The summed E-state index contributed by atoms with van der Waals surface area (Å²) in [5, 5.41) is 2.02. The van der Waals surface area contributed by atoms with Crippen LogP contribution < -0.4 is 5.56 Å². The predicted molar refractivity (Wildman–Crippen MR) is 115 cm³/mol. The van der Waals surface area contributed by atoms with Gasteiger partial charge in [-0.05, 0) is 72.3 Å². The van der Waals surface area contributed by atoms with Crippen LogP contribution in [0.25, 0.3) is 16.6 Å². The summed E-state index contributed by atoms with van der Waals surface area (Å²) < 4.78 is 2.70. The highest BCUT2D eigenvalue weighted by Crippen LogP contribution is 2.23. The summed E-state index contributed by atoms with van der Waals surface area (Å²) in [7, 11) is 0. The molecule has 3 aromatic rings. The van der Waals surface area contributed by atoms with E-state index in [0.29, 0.717) is 21.8 Å². The molecular weight excluding hydrogens is 467 g/mol. The third-order valence-corrected chi connectivity index (χ3v) is 5.33. The van der Waals surface area contributed by atoms with Crippen LogP contribution in [-0.4, -0.2) is 15.3 Å². The van der Waals surface area contributed by atoms with E-state index >= 15 is 0 Å². The molecule has 0 spiro atoms. The number of halogens is 2. The van der Waals surface area contributed by atoms with Crippen LogP contribution in [0, 0.1) is 10.5 Å². The molecule has 0 saturated carbocycles. The number of rotatable bonds is 4. The van der Waals surface area contributed by atoms with E-state index < -0.39 is 0 Å². The van der Waals surface area contributed by atoms with Gasteiger partial charge in [0.25, 0.3) is 5.56 Å². The van der Waals surface area contributed by atoms with E-state index in [1.807, 2.05) is 62.4 Å². The molecule has 3 rings (SSSR count). The molecule has 2 aromatic carbocycles. The second-order valence-electron chi connectivity index (χ2n) is 5.64. The lowest BCUT2D eigenvalue weighted by Gasteiger charge is -2.13. The molecule has 0 aliphatic carbocycles. The fourth-order valence-corrected chi connectivity index (χ4v) is 4.08. The third kappa shape index (κ3) is 4.27. The van der Waals surface area contributed by atoms with E-state index in [0.717, 1.165) is 19.9 Å². The van der Waals surface area contributed by atoms with Gasteiger partial charge in [-0.1, -0.05) is 41.6 Å². The maximum atomic E-state index is 13.2. The summed E-state index contributed by atoms with van der Waals surface area (Å²) in [5.74, 6) is 0.656. The normalized spacial score (nSPS) is 11.9. The van der Waals surface area contributed by atoms with Crippen molar-refractivity contribution in [3.63, 3.8) is 0 Å². The van der Waals surface area contributed by atoms with E-state index in [-0.39, 0.29) is 5.56 Å². The number of allylic oxidation sites excluding steroid dienone is 1. The lowest BCUT2D eigenvalue weighted by molar-refractivity contribution is 0.820. The van der Waals surface area contributed by atoms with E-state index in [2.05, 4.69) is 22.6 Å². The molecule has 0 fully saturated rings. The molecule has 0 unspecified atom stereocenters. The van der Waals surface area contributed by atoms with Gasteiger partial charge in [-0.15, -0.1) is 0 Å². The van der Waals surface area contributed by atoms with Crippen molar-refractivity contribution in [2.75, 3.05) is 5.75 Å². The van der Waals surface area contributed by atoms with Gasteiger partial charge in [-0.2, -0.15) is 0 Å². The van der Waals surface area contributed by atoms with Crippen molar-refractivity contribution < 1.29 is 0 Å². The first-order chi connectivity index (χ1) is 12.0. The second-order valence-corrected chi connectivity index (χ2v) is 8.47. The van der Waals surface area contributed by atoms with E-state index in [1.165, 1.54) is 11.8 Å². The lowest BCUT2D eigenvalue weighted by atomic mass is 10.2. The molecular formula is C19H16ClIN2OS. The quantitative estimate of drug-likeness (QED) is 0.278. The van der Waals surface area contributed by atoms with Crippen molar-refractivity contribution >= 4 is 56.9 Å². The minimum atomic E-state index is -0.0526. The summed E-state index contributed by atoms with van der Waals surface area (Å²) >= 11 is 9.63. The average Bonchev–Trinajstić information content (AvgIpc) is 2.55. The monoisotopic (exact) mass is 482 g/mol. The molecule has 0 N–H and O–H groups in total. The Morgan fingerprint density at radius 1 is 1.32 bits per heavy atom. The van der Waals surface area contributed by atoms with Gasteiger partial charge in [0.15, 0.2) is 5.16 Å². The molecule has 25 heavy (non-hydrogen) atoms. The van der Waals surface area contributed by atoms with Crippen LogP contribution >= 0.6 is 46.0 Å². The van der Waals surface area contributed by atoms with Gasteiger partial charge in [0.2, 0.25) is 0 Å². The number of aryl methyl sites for hydroxylation is 1. The first-order valence-corrected chi connectivity index (χ1v) is 10.1. The zero-order valence-corrected chi connectivity index (χ0v) is 17.5. The maximum absolute atomic E-state index is 13.2. The van der Waals surface area contributed by atoms with Gasteiger partial charge >= 0.3 is 0 Å². The van der Waals surface area contributed by atoms with Gasteiger partial charge in [-0.3, -0.25) is 9.36 Å². The molecule has 0 amide bonds. The Morgan fingerprint density at radius 2 is 2.12 bits per heavy atom. The smallest absolute Gasteiger partial charge is 0.266 e. The van der Waals surface area contributed by atoms with Gasteiger partial charge in [0.1, 0.15) is 0 Å². The van der Waals surface area contributed by atoms with Crippen molar-refractivity contribution in [2.45, 2.75) is 19.0 Å². The van der Waals surface area contributed by atoms with E-state index in [9.17, 15) is 4.79 Å². The Balaban J connectivity index is 2.24. The number of nitrogens with zero attached hydrogens (tertiary/aromatic N) is 2. The maximum Gasteiger partial charge on any atom is 0.266 e. The van der Waals surface area contributed by atoms with Crippen molar-refractivity contribution in [1.29, 1.82) is 0 Å². The number of thioether (sulfide) groups is 1.